The van der Waals surface area contributed by atoms with Gasteiger partial charge >= 0.3 is 0 Å². The third-order valence-corrected chi connectivity index (χ3v) is 3.79. The Morgan fingerprint density at radius 3 is 2.72 bits per heavy atom. The molecular weight excluding hydrogens is 319 g/mol. The lowest BCUT2D eigenvalue weighted by Crippen LogP contribution is -2.13. The van der Waals surface area contributed by atoms with Gasteiger partial charge in [0.25, 0.3) is 5.91 Å². The summed E-state index contributed by atoms with van der Waals surface area (Å²) in [6, 6.07) is 15.1. The fraction of sp³-hybridized carbons (Fsp3) is 0.105. The monoisotopic (exact) mass is 334 g/mol. The van der Waals surface area contributed by atoms with Crippen molar-refractivity contribution < 1.29 is 9.18 Å². The molecule has 0 saturated carbocycles. The molecule has 1 aromatic heterocycles. The summed E-state index contributed by atoms with van der Waals surface area (Å²) in [5, 5.41) is 15.7. The molecule has 0 radical (unpaired) electrons. The number of rotatable bonds is 3. The summed E-state index contributed by atoms with van der Waals surface area (Å²) >= 11 is 0. The minimum atomic E-state index is -0.725. The van der Waals surface area contributed by atoms with Crippen LogP contribution in [0.4, 0.5) is 10.2 Å². The maximum atomic E-state index is 13.7. The first-order valence-electron chi connectivity index (χ1n) is 7.60. The molecule has 0 aliphatic rings. The van der Waals surface area contributed by atoms with Crippen LogP contribution in [0.2, 0.25) is 0 Å². The summed E-state index contributed by atoms with van der Waals surface area (Å²) in [5.74, 6) is -0.845. The molecule has 0 unspecified atom stereocenters. The molecule has 2 aromatic carbocycles. The van der Waals surface area contributed by atoms with Gasteiger partial charge in [0.05, 0.1) is 11.3 Å². The number of anilines is 1. The standard InChI is InChI=1S/C19H15FN4O/c1-12-4-3-5-13(8-12)17-10-18(23-24(17)2)22-19(25)14-6-7-15(11-21)16(20)9-14/h3-10H,1-2H3,(H,22,23,25). The van der Waals surface area contributed by atoms with Crippen molar-refractivity contribution in [3.05, 3.63) is 71.0 Å². The number of nitriles is 1. The number of hydrogen-bond donors (Lipinski definition) is 1. The van der Waals surface area contributed by atoms with Crippen LogP contribution < -0.4 is 5.32 Å². The Morgan fingerprint density at radius 2 is 2.04 bits per heavy atom. The molecule has 1 N–H and O–H groups in total. The zero-order valence-corrected chi connectivity index (χ0v) is 13.7. The Bertz CT molecular complexity index is 1000. The number of carbonyl (C=O) groups is 1. The molecule has 0 aliphatic heterocycles. The number of hydrogen-bond acceptors (Lipinski definition) is 3. The van der Waals surface area contributed by atoms with Gasteiger partial charge in [0.1, 0.15) is 11.9 Å². The van der Waals surface area contributed by atoms with Gasteiger partial charge in [-0.05, 0) is 31.2 Å². The van der Waals surface area contributed by atoms with Gasteiger partial charge in [0.2, 0.25) is 0 Å². The molecule has 0 bridgehead atoms. The summed E-state index contributed by atoms with van der Waals surface area (Å²) in [6.45, 7) is 2.00. The average Bonchev–Trinajstić information content (AvgIpc) is 2.95. The second-order valence-corrected chi connectivity index (χ2v) is 5.67. The third-order valence-electron chi connectivity index (χ3n) is 3.79. The molecule has 0 fully saturated rings. The van der Waals surface area contributed by atoms with Gasteiger partial charge in [-0.1, -0.05) is 23.8 Å². The van der Waals surface area contributed by atoms with E-state index in [9.17, 15) is 9.18 Å². The molecule has 1 heterocycles. The number of aromatic nitrogens is 2. The van der Waals surface area contributed by atoms with Gasteiger partial charge in [-0.15, -0.1) is 0 Å². The van der Waals surface area contributed by atoms with E-state index in [0.29, 0.717) is 5.82 Å². The summed E-state index contributed by atoms with van der Waals surface area (Å²) < 4.78 is 15.3. The van der Waals surface area contributed by atoms with Crippen molar-refractivity contribution in [1.82, 2.24) is 9.78 Å². The largest absolute Gasteiger partial charge is 0.305 e. The predicted molar refractivity (Wildman–Crippen MR) is 92.4 cm³/mol. The summed E-state index contributed by atoms with van der Waals surface area (Å²) in [5.41, 5.74) is 2.98. The highest BCUT2D eigenvalue weighted by Gasteiger charge is 2.13. The van der Waals surface area contributed by atoms with E-state index < -0.39 is 11.7 Å². The molecule has 0 atom stereocenters. The van der Waals surface area contributed by atoms with E-state index >= 15 is 0 Å². The number of carbonyl (C=O) groups excluding carboxylic acids is 1. The highest BCUT2D eigenvalue weighted by atomic mass is 19.1. The molecule has 0 saturated heterocycles. The van der Waals surface area contributed by atoms with Crippen LogP contribution in [0, 0.1) is 24.1 Å². The Kier molecular flexibility index (Phi) is 4.31. The van der Waals surface area contributed by atoms with E-state index in [2.05, 4.69) is 10.4 Å². The third kappa shape index (κ3) is 3.40. The zero-order valence-electron chi connectivity index (χ0n) is 13.7. The van der Waals surface area contributed by atoms with Crippen LogP contribution >= 0.6 is 0 Å². The van der Waals surface area contributed by atoms with E-state index in [1.165, 1.54) is 12.1 Å². The Labute approximate surface area is 144 Å². The highest BCUT2D eigenvalue weighted by Crippen LogP contribution is 2.23. The number of amides is 1. The fourth-order valence-corrected chi connectivity index (χ4v) is 2.54. The number of benzene rings is 2. The van der Waals surface area contributed by atoms with E-state index in [-0.39, 0.29) is 11.1 Å². The van der Waals surface area contributed by atoms with Crippen molar-refractivity contribution in [2.24, 2.45) is 7.05 Å². The van der Waals surface area contributed by atoms with Crippen LogP contribution in [0.1, 0.15) is 21.5 Å². The number of halogens is 1. The lowest BCUT2D eigenvalue weighted by Gasteiger charge is -2.02. The molecule has 3 aromatic rings. The second kappa shape index (κ2) is 6.57. The first kappa shape index (κ1) is 16.4. The summed E-state index contributed by atoms with van der Waals surface area (Å²) in [6.07, 6.45) is 0. The SMILES string of the molecule is Cc1cccc(-c2cc(NC(=O)c3ccc(C#N)c(F)c3)nn2C)c1. The lowest BCUT2D eigenvalue weighted by atomic mass is 10.1. The number of nitrogens with zero attached hydrogens (tertiary/aromatic N) is 3. The molecule has 1 amide bonds. The van der Waals surface area contributed by atoms with Crippen molar-refractivity contribution in [1.29, 1.82) is 5.26 Å². The molecule has 124 valence electrons. The Balaban J connectivity index is 1.84. The topological polar surface area (TPSA) is 70.7 Å². The van der Waals surface area contributed by atoms with Crippen LogP contribution in [-0.2, 0) is 7.05 Å². The quantitative estimate of drug-likeness (QED) is 0.794. The second-order valence-electron chi connectivity index (χ2n) is 5.67. The molecule has 6 heteroatoms. The van der Waals surface area contributed by atoms with Gasteiger partial charge < -0.3 is 5.32 Å². The van der Waals surface area contributed by atoms with E-state index in [4.69, 9.17) is 5.26 Å². The average molecular weight is 334 g/mol. The normalized spacial score (nSPS) is 10.3. The van der Waals surface area contributed by atoms with Gasteiger partial charge in [-0.2, -0.15) is 10.4 Å². The zero-order chi connectivity index (χ0) is 18.0. The smallest absolute Gasteiger partial charge is 0.256 e. The van der Waals surface area contributed by atoms with Gasteiger partial charge in [0.15, 0.2) is 5.82 Å². The highest BCUT2D eigenvalue weighted by molar-refractivity contribution is 6.04. The van der Waals surface area contributed by atoms with Crippen molar-refractivity contribution in [3.8, 4) is 17.3 Å². The number of nitrogens with one attached hydrogen (secondary N) is 1. The van der Waals surface area contributed by atoms with E-state index in [1.807, 2.05) is 31.2 Å². The van der Waals surface area contributed by atoms with Crippen LogP contribution in [0.3, 0.4) is 0 Å². The summed E-state index contributed by atoms with van der Waals surface area (Å²) in [4.78, 5) is 12.3. The maximum absolute atomic E-state index is 13.7. The van der Waals surface area contributed by atoms with Crippen LogP contribution in [0.5, 0.6) is 0 Å². The first-order valence-corrected chi connectivity index (χ1v) is 7.60. The van der Waals surface area contributed by atoms with Gasteiger partial charge in [-0.3, -0.25) is 9.48 Å². The molecule has 25 heavy (non-hydrogen) atoms. The van der Waals surface area contributed by atoms with Crippen molar-refractivity contribution >= 4 is 11.7 Å². The van der Waals surface area contributed by atoms with E-state index in [0.717, 1.165) is 22.9 Å². The predicted octanol–water partition coefficient (Wildman–Crippen LogP) is 3.66. The number of aryl methyl sites for hydroxylation is 2. The minimum Gasteiger partial charge on any atom is -0.305 e. The van der Waals surface area contributed by atoms with Crippen molar-refractivity contribution in [2.75, 3.05) is 5.32 Å². The fourth-order valence-electron chi connectivity index (χ4n) is 2.54. The first-order chi connectivity index (χ1) is 12.0. The van der Waals surface area contributed by atoms with Crippen LogP contribution in [-0.4, -0.2) is 15.7 Å². The molecule has 0 aliphatic carbocycles. The minimum absolute atomic E-state index is 0.101. The van der Waals surface area contributed by atoms with Gasteiger partial charge in [0, 0.05) is 24.2 Å². The molecule has 3 rings (SSSR count). The van der Waals surface area contributed by atoms with Crippen molar-refractivity contribution in [2.45, 2.75) is 6.92 Å². The van der Waals surface area contributed by atoms with Crippen LogP contribution in [0.15, 0.2) is 48.5 Å². The Morgan fingerprint density at radius 1 is 1.24 bits per heavy atom. The molecule has 0 spiro atoms. The lowest BCUT2D eigenvalue weighted by molar-refractivity contribution is 0.102. The molecule has 5 nitrogen and oxygen atoms in total. The van der Waals surface area contributed by atoms with Gasteiger partial charge in [-0.25, -0.2) is 4.39 Å². The summed E-state index contributed by atoms with van der Waals surface area (Å²) in [7, 11) is 1.79. The van der Waals surface area contributed by atoms with E-state index in [1.54, 1.807) is 23.9 Å². The van der Waals surface area contributed by atoms with Crippen LogP contribution in [0.25, 0.3) is 11.3 Å². The van der Waals surface area contributed by atoms with Crippen molar-refractivity contribution in [3.63, 3.8) is 0 Å². The Hall–Kier alpha value is -3.46. The molecular formula is C19H15FN4O. The maximum Gasteiger partial charge on any atom is 0.256 e.